The Bertz CT molecular complexity index is 258. The van der Waals surface area contributed by atoms with Gasteiger partial charge in [0.05, 0.1) is 25.1 Å². The number of aliphatic hydroxyl groups is 1. The highest BCUT2D eigenvalue weighted by Crippen LogP contribution is 2.26. The fraction of sp³-hybridized carbons (Fsp3) is 0.800. The highest BCUT2D eigenvalue weighted by Gasteiger charge is 2.42. The molecule has 1 fully saturated rings. The van der Waals surface area contributed by atoms with Gasteiger partial charge in [-0.1, -0.05) is 13.3 Å². The van der Waals surface area contributed by atoms with Crippen LogP contribution in [0.15, 0.2) is 0 Å². The Balaban J connectivity index is 2.26. The van der Waals surface area contributed by atoms with Crippen molar-refractivity contribution in [3.8, 4) is 0 Å². The van der Waals surface area contributed by atoms with E-state index in [1.54, 1.807) is 0 Å². The Morgan fingerprint density at radius 1 is 1.33 bits per heavy atom. The zero-order valence-corrected chi connectivity index (χ0v) is 8.90. The highest BCUT2D eigenvalue weighted by atomic mass is 16.4. The Morgan fingerprint density at radius 3 is 2.40 bits per heavy atom. The van der Waals surface area contributed by atoms with Crippen LogP contribution in [0.4, 0.5) is 0 Å². The van der Waals surface area contributed by atoms with Crippen LogP contribution in [-0.4, -0.2) is 45.7 Å². The molecule has 1 aliphatic heterocycles. The van der Waals surface area contributed by atoms with Gasteiger partial charge < -0.3 is 15.1 Å². The first-order valence-electron chi connectivity index (χ1n) is 5.19. The summed E-state index contributed by atoms with van der Waals surface area (Å²) in [6.07, 6.45) is 1.46. The van der Waals surface area contributed by atoms with Crippen molar-refractivity contribution >= 4 is 11.9 Å². The van der Waals surface area contributed by atoms with Crippen LogP contribution in [0.25, 0.3) is 0 Å². The Hall–Kier alpha value is -1.10. The van der Waals surface area contributed by atoms with E-state index in [9.17, 15) is 14.7 Å². The van der Waals surface area contributed by atoms with Gasteiger partial charge in [0.1, 0.15) is 0 Å². The van der Waals surface area contributed by atoms with Crippen molar-refractivity contribution in [2.75, 3.05) is 13.1 Å². The predicted molar refractivity (Wildman–Crippen MR) is 53.3 cm³/mol. The van der Waals surface area contributed by atoms with E-state index in [1.807, 2.05) is 6.92 Å². The zero-order valence-electron chi connectivity index (χ0n) is 8.90. The Kier molecular flexibility index (Phi) is 3.68. The van der Waals surface area contributed by atoms with Crippen molar-refractivity contribution in [3.63, 3.8) is 0 Å². The molecule has 0 saturated carbocycles. The van der Waals surface area contributed by atoms with Crippen LogP contribution < -0.4 is 0 Å². The molecular formula is C10H17NO4. The van der Waals surface area contributed by atoms with E-state index in [0.717, 1.165) is 6.42 Å². The summed E-state index contributed by atoms with van der Waals surface area (Å²) in [7, 11) is 0. The molecule has 5 nitrogen and oxygen atoms in total. The smallest absolute Gasteiger partial charge is 0.303 e. The lowest BCUT2D eigenvalue weighted by Crippen LogP contribution is -2.63. The van der Waals surface area contributed by atoms with Crippen molar-refractivity contribution in [2.24, 2.45) is 0 Å². The third-order valence-corrected chi connectivity index (χ3v) is 2.59. The normalized spacial score (nSPS) is 18.4. The molecule has 0 unspecified atom stereocenters. The standard InChI is InChI=1S/C10H17NO4/c1-2-5-10(15)6-11(7-10)8(12)3-4-9(13)14/h15H,2-7H2,1H3,(H,13,14). The maximum atomic E-state index is 11.4. The van der Waals surface area contributed by atoms with Crippen molar-refractivity contribution in [1.82, 2.24) is 4.90 Å². The van der Waals surface area contributed by atoms with Gasteiger partial charge >= 0.3 is 5.97 Å². The van der Waals surface area contributed by atoms with Gasteiger partial charge in [-0.05, 0) is 6.42 Å². The molecule has 0 aromatic carbocycles. The average molecular weight is 215 g/mol. The zero-order chi connectivity index (χ0) is 11.5. The SMILES string of the molecule is CCCC1(O)CN(C(=O)CCC(=O)O)C1. The molecule has 0 aromatic heterocycles. The van der Waals surface area contributed by atoms with E-state index >= 15 is 0 Å². The number of β-amino-alcohol motifs (C(OH)–C–C–N with tert-alkyl or cyclic N) is 1. The fourth-order valence-corrected chi connectivity index (χ4v) is 1.84. The molecule has 1 amide bonds. The second kappa shape index (κ2) is 4.61. The lowest BCUT2D eigenvalue weighted by atomic mass is 9.89. The molecule has 1 saturated heterocycles. The van der Waals surface area contributed by atoms with Gasteiger partial charge in [-0.3, -0.25) is 9.59 Å². The topological polar surface area (TPSA) is 77.8 Å². The average Bonchev–Trinajstić information content (AvgIpc) is 2.10. The minimum absolute atomic E-state index is 0.0253. The van der Waals surface area contributed by atoms with E-state index in [-0.39, 0.29) is 18.7 Å². The van der Waals surface area contributed by atoms with Crippen molar-refractivity contribution < 1.29 is 19.8 Å². The molecule has 0 spiro atoms. The number of likely N-dealkylation sites (tertiary alicyclic amines) is 1. The summed E-state index contributed by atoms with van der Waals surface area (Å²) in [5, 5.41) is 18.2. The second-order valence-electron chi connectivity index (χ2n) is 4.12. The van der Waals surface area contributed by atoms with Crippen LogP contribution in [0.5, 0.6) is 0 Å². The molecular weight excluding hydrogens is 198 g/mol. The number of aliphatic carboxylic acids is 1. The third-order valence-electron chi connectivity index (χ3n) is 2.59. The molecule has 5 heteroatoms. The molecule has 15 heavy (non-hydrogen) atoms. The predicted octanol–water partition coefficient (Wildman–Crippen LogP) is 0.225. The summed E-state index contributed by atoms with van der Waals surface area (Å²) < 4.78 is 0. The first-order chi connectivity index (χ1) is 6.97. The first-order valence-corrected chi connectivity index (χ1v) is 5.19. The van der Waals surface area contributed by atoms with Gasteiger partial charge in [0.25, 0.3) is 0 Å². The molecule has 1 rings (SSSR count). The van der Waals surface area contributed by atoms with E-state index in [2.05, 4.69) is 0 Å². The number of carboxylic acid groups (broad SMARTS) is 1. The van der Waals surface area contributed by atoms with Crippen LogP contribution in [0.1, 0.15) is 32.6 Å². The molecule has 2 N–H and O–H groups in total. The number of hydrogen-bond acceptors (Lipinski definition) is 3. The monoisotopic (exact) mass is 215 g/mol. The molecule has 0 radical (unpaired) electrons. The Labute approximate surface area is 88.7 Å². The summed E-state index contributed by atoms with van der Waals surface area (Å²) >= 11 is 0. The quantitative estimate of drug-likeness (QED) is 0.688. The number of carboxylic acids is 1. The molecule has 86 valence electrons. The van der Waals surface area contributed by atoms with Gasteiger partial charge in [-0.2, -0.15) is 0 Å². The summed E-state index contributed by atoms with van der Waals surface area (Å²) in [4.78, 5) is 23.1. The fourth-order valence-electron chi connectivity index (χ4n) is 1.84. The number of rotatable bonds is 5. The van der Waals surface area contributed by atoms with Gasteiger partial charge in [0.2, 0.25) is 5.91 Å². The number of carbonyl (C=O) groups excluding carboxylic acids is 1. The second-order valence-corrected chi connectivity index (χ2v) is 4.12. The minimum Gasteiger partial charge on any atom is -0.481 e. The maximum Gasteiger partial charge on any atom is 0.303 e. The van der Waals surface area contributed by atoms with Crippen LogP contribution in [0.2, 0.25) is 0 Å². The van der Waals surface area contributed by atoms with Crippen LogP contribution in [0.3, 0.4) is 0 Å². The van der Waals surface area contributed by atoms with Gasteiger partial charge in [0.15, 0.2) is 0 Å². The molecule has 1 aliphatic rings. The van der Waals surface area contributed by atoms with Crippen molar-refractivity contribution in [3.05, 3.63) is 0 Å². The number of carbonyl (C=O) groups is 2. The molecule has 0 atom stereocenters. The summed E-state index contributed by atoms with van der Waals surface area (Å²) in [5.74, 6) is -1.15. The number of hydrogen-bond donors (Lipinski definition) is 2. The lowest BCUT2D eigenvalue weighted by molar-refractivity contribution is -0.158. The van der Waals surface area contributed by atoms with E-state index in [4.69, 9.17) is 5.11 Å². The molecule has 0 aromatic rings. The summed E-state index contributed by atoms with van der Waals surface area (Å²) in [6, 6.07) is 0. The number of amides is 1. The maximum absolute atomic E-state index is 11.4. The molecule has 1 heterocycles. The van der Waals surface area contributed by atoms with Gasteiger partial charge in [-0.15, -0.1) is 0 Å². The van der Waals surface area contributed by atoms with Crippen molar-refractivity contribution in [2.45, 2.75) is 38.2 Å². The van der Waals surface area contributed by atoms with E-state index < -0.39 is 11.6 Å². The van der Waals surface area contributed by atoms with E-state index in [1.165, 1.54) is 4.90 Å². The largest absolute Gasteiger partial charge is 0.481 e. The van der Waals surface area contributed by atoms with E-state index in [0.29, 0.717) is 19.5 Å². The van der Waals surface area contributed by atoms with Gasteiger partial charge in [0, 0.05) is 6.42 Å². The number of nitrogens with zero attached hydrogens (tertiary/aromatic N) is 1. The van der Waals surface area contributed by atoms with Crippen molar-refractivity contribution in [1.29, 1.82) is 0 Å². The summed E-state index contributed by atoms with van der Waals surface area (Å²) in [5.41, 5.74) is -0.729. The summed E-state index contributed by atoms with van der Waals surface area (Å²) in [6.45, 7) is 2.67. The van der Waals surface area contributed by atoms with Crippen LogP contribution >= 0.6 is 0 Å². The lowest BCUT2D eigenvalue weighted by Gasteiger charge is -2.46. The highest BCUT2D eigenvalue weighted by molar-refractivity contribution is 5.81. The molecule has 0 bridgehead atoms. The van der Waals surface area contributed by atoms with Crippen LogP contribution in [-0.2, 0) is 9.59 Å². The third kappa shape index (κ3) is 3.20. The first kappa shape index (κ1) is 12.0. The Morgan fingerprint density at radius 2 is 1.93 bits per heavy atom. The molecule has 0 aliphatic carbocycles. The van der Waals surface area contributed by atoms with Crippen LogP contribution in [0, 0.1) is 0 Å². The van der Waals surface area contributed by atoms with Gasteiger partial charge in [-0.25, -0.2) is 0 Å². The minimum atomic E-state index is -0.965.